The molecule has 0 aliphatic carbocycles. The second-order valence-corrected chi connectivity index (χ2v) is 11.6. The van der Waals surface area contributed by atoms with Crippen molar-refractivity contribution in [3.8, 4) is 0 Å². The fourth-order valence-corrected chi connectivity index (χ4v) is 6.25. The molecule has 11 heteroatoms. The molecule has 0 spiro atoms. The predicted octanol–water partition coefficient (Wildman–Crippen LogP) is 5.82. The maximum absolute atomic E-state index is 13.4. The van der Waals surface area contributed by atoms with E-state index in [-0.39, 0.29) is 29.6 Å². The number of nitrogens with one attached hydrogen (secondary N) is 2. The molecule has 3 aromatic rings. The summed E-state index contributed by atoms with van der Waals surface area (Å²) in [6.45, 7) is 8.51. The number of hydrogen-bond acceptors (Lipinski definition) is 6. The number of urea groups is 1. The van der Waals surface area contributed by atoms with Crippen molar-refractivity contribution in [1.82, 2.24) is 20.1 Å². The van der Waals surface area contributed by atoms with E-state index in [0.29, 0.717) is 35.2 Å². The molecule has 41 heavy (non-hydrogen) atoms. The lowest BCUT2D eigenvalue weighted by Crippen LogP contribution is -2.50. The summed E-state index contributed by atoms with van der Waals surface area (Å²) < 4.78 is 0. The van der Waals surface area contributed by atoms with E-state index in [1.165, 1.54) is 12.1 Å². The molecule has 3 N–H and O–H groups in total. The van der Waals surface area contributed by atoms with Crippen molar-refractivity contribution < 1.29 is 19.5 Å². The second-order valence-electron chi connectivity index (χ2n) is 10.5. The van der Waals surface area contributed by atoms with Crippen LogP contribution in [0.3, 0.4) is 0 Å². The smallest absolute Gasteiger partial charge is 0.335 e. The van der Waals surface area contributed by atoms with Crippen LogP contribution in [0.15, 0.2) is 47.2 Å². The van der Waals surface area contributed by atoms with E-state index in [1.54, 1.807) is 36.5 Å². The Kier molecular flexibility index (Phi) is 10.4. The normalized spacial score (nSPS) is 14.8. The third-order valence-corrected chi connectivity index (χ3v) is 8.48. The van der Waals surface area contributed by atoms with Gasteiger partial charge in [0.25, 0.3) is 5.91 Å². The Morgan fingerprint density at radius 1 is 1.20 bits per heavy atom. The number of anilines is 1. The van der Waals surface area contributed by atoms with Crippen LogP contribution in [-0.4, -0.2) is 69.5 Å². The van der Waals surface area contributed by atoms with Gasteiger partial charge in [-0.1, -0.05) is 17.7 Å². The van der Waals surface area contributed by atoms with Gasteiger partial charge in [-0.15, -0.1) is 0 Å². The largest absolute Gasteiger partial charge is 0.478 e. The summed E-state index contributed by atoms with van der Waals surface area (Å²) in [6, 6.07) is 10.1. The van der Waals surface area contributed by atoms with E-state index in [2.05, 4.69) is 27.4 Å². The van der Waals surface area contributed by atoms with Gasteiger partial charge < -0.3 is 25.5 Å². The van der Waals surface area contributed by atoms with Crippen molar-refractivity contribution in [1.29, 1.82) is 0 Å². The molecular weight excluding hydrogens is 562 g/mol. The molecule has 0 radical (unpaired) electrons. The Morgan fingerprint density at radius 2 is 1.95 bits per heavy atom. The summed E-state index contributed by atoms with van der Waals surface area (Å²) in [5.74, 6) is -1.18. The number of hydrogen-bond donors (Lipinski definition) is 3. The number of carbonyl (C=O) groups excluding carboxylic acids is 2. The van der Waals surface area contributed by atoms with Crippen LogP contribution < -0.4 is 10.6 Å². The molecule has 3 heterocycles. The third-order valence-electron chi connectivity index (χ3n) is 7.56. The zero-order chi connectivity index (χ0) is 29.5. The van der Waals surface area contributed by atoms with Crippen molar-refractivity contribution in [2.75, 3.05) is 25.0 Å². The summed E-state index contributed by atoms with van der Waals surface area (Å²) in [7, 11) is 0. The number of thiophene rings is 1. The van der Waals surface area contributed by atoms with E-state index >= 15 is 0 Å². The minimum Gasteiger partial charge on any atom is -0.478 e. The zero-order valence-corrected chi connectivity index (χ0v) is 25.1. The lowest BCUT2D eigenvalue weighted by Gasteiger charge is -2.40. The number of rotatable bonds is 10. The number of piperidine rings is 1. The standard InChI is InChI=1S/C30H36ClN5O4S/c1-19-15-26(31)33-21(3)27(19)28(37)32-11-7-20(2)35-12-8-25(9-13-35)36(17-22-10-14-41-18-22)30(40)34-24-6-4-5-23(16-24)29(38)39/h4-6,10,14-16,18,20,25H,7-9,11-13,17H2,1-3H3,(H,32,37)(H,34,40)(H,38,39). The minimum absolute atomic E-state index is 0.0454. The van der Waals surface area contributed by atoms with Crippen LogP contribution in [0.2, 0.25) is 5.15 Å². The molecule has 2 aromatic heterocycles. The molecule has 1 atom stereocenters. The van der Waals surface area contributed by atoms with Gasteiger partial charge in [-0.3, -0.25) is 4.79 Å². The van der Waals surface area contributed by atoms with Gasteiger partial charge in [-0.25, -0.2) is 14.6 Å². The number of carboxylic acid groups (broad SMARTS) is 1. The van der Waals surface area contributed by atoms with Crippen molar-refractivity contribution in [2.24, 2.45) is 0 Å². The minimum atomic E-state index is -1.04. The number of aromatic carboxylic acids is 1. The van der Waals surface area contributed by atoms with E-state index in [9.17, 15) is 19.5 Å². The molecule has 4 rings (SSSR count). The van der Waals surface area contributed by atoms with E-state index < -0.39 is 5.97 Å². The van der Waals surface area contributed by atoms with Crippen molar-refractivity contribution >= 4 is 46.5 Å². The highest BCUT2D eigenvalue weighted by molar-refractivity contribution is 7.07. The maximum Gasteiger partial charge on any atom is 0.335 e. The summed E-state index contributed by atoms with van der Waals surface area (Å²) >= 11 is 7.59. The van der Waals surface area contributed by atoms with Crippen LogP contribution in [0.1, 0.15) is 63.7 Å². The topological polar surface area (TPSA) is 115 Å². The number of amides is 3. The maximum atomic E-state index is 13.4. The predicted molar refractivity (Wildman–Crippen MR) is 162 cm³/mol. The molecule has 1 aromatic carbocycles. The first kappa shape index (κ1) is 30.5. The highest BCUT2D eigenvalue weighted by Gasteiger charge is 2.30. The quantitative estimate of drug-likeness (QED) is 0.254. The Labute approximate surface area is 249 Å². The number of aromatic nitrogens is 1. The van der Waals surface area contributed by atoms with Gasteiger partial charge >= 0.3 is 12.0 Å². The van der Waals surface area contributed by atoms with Crippen LogP contribution in [0.4, 0.5) is 10.5 Å². The molecule has 1 saturated heterocycles. The van der Waals surface area contributed by atoms with E-state index in [0.717, 1.165) is 43.5 Å². The first-order valence-electron chi connectivity index (χ1n) is 13.7. The molecule has 0 saturated carbocycles. The van der Waals surface area contributed by atoms with Crippen LogP contribution in [0, 0.1) is 13.8 Å². The number of carboxylic acids is 1. The summed E-state index contributed by atoms with van der Waals surface area (Å²) in [5, 5.41) is 19.7. The number of halogens is 1. The Hall–Kier alpha value is -3.47. The molecule has 1 aliphatic heterocycles. The third kappa shape index (κ3) is 8.06. The molecule has 9 nitrogen and oxygen atoms in total. The van der Waals surface area contributed by atoms with Crippen molar-refractivity contribution in [2.45, 2.75) is 58.7 Å². The summed E-state index contributed by atoms with van der Waals surface area (Å²) in [4.78, 5) is 46.0. The Morgan fingerprint density at radius 3 is 2.61 bits per heavy atom. The van der Waals surface area contributed by atoms with Gasteiger partial charge in [-0.05, 0) is 92.3 Å². The number of aryl methyl sites for hydroxylation is 2. The Bertz CT molecular complexity index is 1350. The summed E-state index contributed by atoms with van der Waals surface area (Å²) in [5.41, 5.74) is 3.65. The average molecular weight is 598 g/mol. The molecule has 0 bridgehead atoms. The lowest BCUT2D eigenvalue weighted by molar-refractivity contribution is 0.0696. The summed E-state index contributed by atoms with van der Waals surface area (Å²) in [6.07, 6.45) is 2.44. The van der Waals surface area contributed by atoms with Gasteiger partial charge in [0, 0.05) is 44.0 Å². The highest BCUT2D eigenvalue weighted by Crippen LogP contribution is 2.24. The first-order chi connectivity index (χ1) is 19.6. The number of likely N-dealkylation sites (tertiary alicyclic amines) is 1. The van der Waals surface area contributed by atoms with E-state index in [4.69, 9.17) is 11.6 Å². The fraction of sp³-hybridized carbons (Fsp3) is 0.400. The number of carbonyl (C=O) groups is 3. The second kappa shape index (κ2) is 13.9. The molecule has 3 amide bonds. The van der Waals surface area contributed by atoms with Crippen LogP contribution >= 0.6 is 22.9 Å². The van der Waals surface area contributed by atoms with Crippen LogP contribution in [0.5, 0.6) is 0 Å². The van der Waals surface area contributed by atoms with Gasteiger partial charge in [0.1, 0.15) is 5.15 Å². The van der Waals surface area contributed by atoms with Crippen molar-refractivity contribution in [3.05, 3.63) is 80.3 Å². The van der Waals surface area contributed by atoms with Crippen LogP contribution in [0.25, 0.3) is 0 Å². The zero-order valence-electron chi connectivity index (χ0n) is 23.5. The Balaban J connectivity index is 1.32. The lowest BCUT2D eigenvalue weighted by atomic mass is 10.0. The van der Waals surface area contributed by atoms with Gasteiger partial charge in [0.05, 0.1) is 16.8 Å². The number of benzene rings is 1. The first-order valence-corrected chi connectivity index (χ1v) is 15.0. The SMILES string of the molecule is Cc1cc(Cl)nc(C)c1C(=O)NCCC(C)N1CCC(N(Cc2ccsc2)C(=O)Nc2cccc(C(=O)O)c2)CC1. The fourth-order valence-electron chi connectivity index (χ4n) is 5.30. The van der Waals surface area contributed by atoms with Crippen molar-refractivity contribution in [3.63, 3.8) is 0 Å². The van der Waals surface area contributed by atoms with Crippen LogP contribution in [-0.2, 0) is 6.54 Å². The highest BCUT2D eigenvalue weighted by atomic mass is 35.5. The van der Waals surface area contributed by atoms with E-state index in [1.807, 2.05) is 28.7 Å². The number of nitrogens with zero attached hydrogens (tertiary/aromatic N) is 3. The molecular formula is C30H36ClN5O4S. The molecule has 1 fully saturated rings. The van der Waals surface area contributed by atoms with Gasteiger partial charge in [-0.2, -0.15) is 11.3 Å². The monoisotopic (exact) mass is 597 g/mol. The average Bonchev–Trinajstić information content (AvgIpc) is 3.45. The number of pyridine rings is 1. The van der Waals surface area contributed by atoms with Gasteiger partial charge in [0.15, 0.2) is 0 Å². The molecule has 1 aliphatic rings. The van der Waals surface area contributed by atoms with Gasteiger partial charge in [0.2, 0.25) is 0 Å². The molecule has 218 valence electrons. The molecule has 1 unspecified atom stereocenters.